The molecular formula is C16H23N3O4. The minimum atomic E-state index is -0.639. The molecule has 2 N–H and O–H groups in total. The monoisotopic (exact) mass is 321 g/mol. The van der Waals surface area contributed by atoms with Crippen molar-refractivity contribution >= 4 is 23.6 Å². The standard InChI is InChI=1S/C16H23N3O4/c1-9-7-13(19-15(22)23-16(4,5)6)18-10(2)12(9)8-17-14(21)11(3)20/h7H,8H2,1-6H3,(H,17,21)(H,18,19,22). The second kappa shape index (κ2) is 7.21. The summed E-state index contributed by atoms with van der Waals surface area (Å²) in [6, 6.07) is 1.69. The van der Waals surface area contributed by atoms with Crippen molar-refractivity contribution in [2.45, 2.75) is 53.7 Å². The lowest BCUT2D eigenvalue weighted by Gasteiger charge is -2.20. The van der Waals surface area contributed by atoms with Gasteiger partial charge < -0.3 is 10.1 Å². The zero-order valence-corrected chi connectivity index (χ0v) is 14.4. The highest BCUT2D eigenvalue weighted by Crippen LogP contribution is 2.17. The average molecular weight is 321 g/mol. The molecule has 1 heterocycles. The van der Waals surface area contributed by atoms with Crippen molar-refractivity contribution in [3.63, 3.8) is 0 Å². The summed E-state index contributed by atoms with van der Waals surface area (Å²) in [6.45, 7) is 10.3. The average Bonchev–Trinajstić information content (AvgIpc) is 2.34. The number of ether oxygens (including phenoxy) is 1. The van der Waals surface area contributed by atoms with Crippen molar-refractivity contribution < 1.29 is 19.1 Å². The third kappa shape index (κ3) is 6.06. The first kappa shape index (κ1) is 18.6. The highest BCUT2D eigenvalue weighted by molar-refractivity contribution is 6.35. The molecule has 7 heteroatoms. The van der Waals surface area contributed by atoms with Crippen molar-refractivity contribution in [3.05, 3.63) is 22.9 Å². The quantitative estimate of drug-likeness (QED) is 0.829. The number of hydrogen-bond donors (Lipinski definition) is 2. The molecule has 7 nitrogen and oxygen atoms in total. The lowest BCUT2D eigenvalue weighted by Crippen LogP contribution is -2.29. The van der Waals surface area contributed by atoms with E-state index < -0.39 is 23.4 Å². The van der Waals surface area contributed by atoms with Crippen LogP contribution in [0.3, 0.4) is 0 Å². The maximum atomic E-state index is 11.8. The number of hydrogen-bond acceptors (Lipinski definition) is 5. The summed E-state index contributed by atoms with van der Waals surface area (Å²) >= 11 is 0. The van der Waals surface area contributed by atoms with Gasteiger partial charge in [-0.05, 0) is 51.8 Å². The topological polar surface area (TPSA) is 97.4 Å². The fourth-order valence-corrected chi connectivity index (χ4v) is 1.89. The zero-order valence-electron chi connectivity index (χ0n) is 14.4. The predicted molar refractivity (Wildman–Crippen MR) is 86.1 cm³/mol. The third-order valence-electron chi connectivity index (χ3n) is 2.93. The van der Waals surface area contributed by atoms with E-state index in [4.69, 9.17) is 4.74 Å². The molecule has 0 aliphatic carbocycles. The largest absolute Gasteiger partial charge is 0.444 e. The predicted octanol–water partition coefficient (Wildman–Crippen LogP) is 2.25. The molecule has 0 radical (unpaired) electrons. The molecular weight excluding hydrogens is 298 g/mol. The number of aryl methyl sites for hydroxylation is 2. The Morgan fingerprint density at radius 2 is 1.83 bits per heavy atom. The van der Waals surface area contributed by atoms with E-state index in [0.29, 0.717) is 11.5 Å². The van der Waals surface area contributed by atoms with Gasteiger partial charge in [-0.25, -0.2) is 9.78 Å². The first-order valence-electron chi connectivity index (χ1n) is 7.25. The van der Waals surface area contributed by atoms with E-state index in [0.717, 1.165) is 11.1 Å². The number of amides is 2. The molecule has 23 heavy (non-hydrogen) atoms. The molecule has 0 aliphatic heterocycles. The van der Waals surface area contributed by atoms with Gasteiger partial charge in [0.15, 0.2) is 0 Å². The van der Waals surface area contributed by atoms with Crippen LogP contribution in [0.15, 0.2) is 6.07 Å². The molecule has 126 valence electrons. The molecule has 0 spiro atoms. The molecule has 0 atom stereocenters. The van der Waals surface area contributed by atoms with Gasteiger partial charge in [0.2, 0.25) is 5.78 Å². The molecule has 0 unspecified atom stereocenters. The Morgan fingerprint density at radius 1 is 1.22 bits per heavy atom. The number of Topliss-reactive ketones (excluding diaryl/α,β-unsaturated/α-hetero) is 1. The zero-order chi connectivity index (χ0) is 17.8. The molecule has 1 rings (SSSR count). The summed E-state index contributed by atoms with van der Waals surface area (Å²) in [5.41, 5.74) is 1.70. The minimum absolute atomic E-state index is 0.204. The molecule has 0 bridgehead atoms. The third-order valence-corrected chi connectivity index (χ3v) is 2.93. The van der Waals surface area contributed by atoms with Crippen molar-refractivity contribution in [2.75, 3.05) is 5.32 Å². The van der Waals surface area contributed by atoms with Gasteiger partial charge in [0.05, 0.1) is 0 Å². The molecule has 0 aromatic carbocycles. The van der Waals surface area contributed by atoms with Crippen LogP contribution in [-0.2, 0) is 20.9 Å². The van der Waals surface area contributed by atoms with Crippen LogP contribution in [0.4, 0.5) is 10.6 Å². The van der Waals surface area contributed by atoms with E-state index in [1.165, 1.54) is 6.92 Å². The number of pyridine rings is 1. The van der Waals surface area contributed by atoms with Gasteiger partial charge in [0, 0.05) is 19.2 Å². The second-order valence-corrected chi connectivity index (χ2v) is 6.25. The summed E-state index contributed by atoms with van der Waals surface area (Å²) in [4.78, 5) is 38.3. The Hall–Kier alpha value is -2.44. The van der Waals surface area contributed by atoms with Crippen LogP contribution in [0.5, 0.6) is 0 Å². The molecule has 1 aromatic heterocycles. The highest BCUT2D eigenvalue weighted by atomic mass is 16.6. The highest BCUT2D eigenvalue weighted by Gasteiger charge is 2.17. The van der Waals surface area contributed by atoms with Crippen LogP contribution < -0.4 is 10.6 Å². The number of nitrogens with one attached hydrogen (secondary N) is 2. The lowest BCUT2D eigenvalue weighted by atomic mass is 10.1. The van der Waals surface area contributed by atoms with Crippen LogP contribution in [0.25, 0.3) is 0 Å². The van der Waals surface area contributed by atoms with Crippen molar-refractivity contribution in [1.82, 2.24) is 10.3 Å². The van der Waals surface area contributed by atoms with Gasteiger partial charge in [-0.15, -0.1) is 0 Å². The Balaban J connectivity index is 2.83. The summed E-state index contributed by atoms with van der Waals surface area (Å²) in [6.07, 6.45) is -0.582. The number of ketones is 1. The van der Waals surface area contributed by atoms with Gasteiger partial charge in [0.25, 0.3) is 5.91 Å². The fourth-order valence-electron chi connectivity index (χ4n) is 1.89. The van der Waals surface area contributed by atoms with Crippen LogP contribution in [0.1, 0.15) is 44.5 Å². The lowest BCUT2D eigenvalue weighted by molar-refractivity contribution is -0.136. The van der Waals surface area contributed by atoms with E-state index in [1.54, 1.807) is 33.8 Å². The van der Waals surface area contributed by atoms with Crippen molar-refractivity contribution in [1.29, 1.82) is 0 Å². The maximum absolute atomic E-state index is 11.8. The van der Waals surface area contributed by atoms with Crippen LogP contribution >= 0.6 is 0 Å². The normalized spacial score (nSPS) is 10.9. The Bertz CT molecular complexity index is 610. The van der Waals surface area contributed by atoms with Crippen LogP contribution in [-0.4, -0.2) is 28.4 Å². The number of nitrogens with zero attached hydrogens (tertiary/aromatic N) is 1. The van der Waals surface area contributed by atoms with Gasteiger partial charge in [-0.3, -0.25) is 14.9 Å². The number of anilines is 1. The number of carbonyl (C=O) groups excluding carboxylic acids is 3. The van der Waals surface area contributed by atoms with E-state index >= 15 is 0 Å². The van der Waals surface area contributed by atoms with Gasteiger partial charge in [-0.1, -0.05) is 0 Å². The number of carbonyl (C=O) groups is 3. The van der Waals surface area contributed by atoms with Gasteiger partial charge in [-0.2, -0.15) is 0 Å². The molecule has 1 aromatic rings. The van der Waals surface area contributed by atoms with Crippen LogP contribution in [0, 0.1) is 13.8 Å². The Morgan fingerprint density at radius 3 is 2.30 bits per heavy atom. The molecule has 0 fully saturated rings. The van der Waals surface area contributed by atoms with E-state index in [-0.39, 0.29) is 6.54 Å². The first-order valence-corrected chi connectivity index (χ1v) is 7.25. The van der Waals surface area contributed by atoms with E-state index in [1.807, 2.05) is 6.92 Å². The molecule has 0 saturated carbocycles. The smallest absolute Gasteiger partial charge is 0.413 e. The van der Waals surface area contributed by atoms with Crippen molar-refractivity contribution in [2.24, 2.45) is 0 Å². The Labute approximate surface area is 135 Å². The van der Waals surface area contributed by atoms with Gasteiger partial charge in [0.1, 0.15) is 11.4 Å². The summed E-state index contributed by atoms with van der Waals surface area (Å²) in [5.74, 6) is -0.813. The fraction of sp³-hybridized carbons (Fsp3) is 0.500. The second-order valence-electron chi connectivity index (χ2n) is 6.25. The van der Waals surface area contributed by atoms with Gasteiger partial charge >= 0.3 is 6.09 Å². The summed E-state index contributed by atoms with van der Waals surface area (Å²) in [7, 11) is 0. The summed E-state index contributed by atoms with van der Waals surface area (Å²) < 4.78 is 5.17. The number of rotatable bonds is 4. The van der Waals surface area contributed by atoms with Crippen LogP contribution in [0.2, 0.25) is 0 Å². The van der Waals surface area contributed by atoms with E-state index in [2.05, 4.69) is 15.6 Å². The maximum Gasteiger partial charge on any atom is 0.413 e. The SMILES string of the molecule is CC(=O)C(=O)NCc1c(C)cc(NC(=O)OC(C)(C)C)nc1C. The minimum Gasteiger partial charge on any atom is -0.444 e. The van der Waals surface area contributed by atoms with Crippen molar-refractivity contribution in [3.8, 4) is 0 Å². The summed E-state index contributed by atoms with van der Waals surface area (Å²) in [5, 5.41) is 5.11. The molecule has 0 saturated heterocycles. The van der Waals surface area contributed by atoms with E-state index in [9.17, 15) is 14.4 Å². The molecule has 0 aliphatic rings. The number of aromatic nitrogens is 1. The molecule has 2 amide bonds. The Kier molecular flexibility index (Phi) is 5.84. The first-order chi connectivity index (χ1) is 10.5.